The van der Waals surface area contributed by atoms with Crippen LogP contribution >= 0.6 is 22.7 Å². The first kappa shape index (κ1) is 22.5. The summed E-state index contributed by atoms with van der Waals surface area (Å²) in [6.07, 6.45) is 1.91. The molecule has 3 fully saturated rings. The number of carbonyl (C=O) groups is 2. The molecule has 2 aromatic heterocycles. The number of hydrogen-bond donors (Lipinski definition) is 0. The molecule has 3 aliphatic carbocycles. The fourth-order valence-electron chi connectivity index (χ4n) is 7.46. The average Bonchev–Trinajstić information content (AvgIpc) is 3.42. The first-order valence-electron chi connectivity index (χ1n) is 12.3. The number of ketones is 2. The van der Waals surface area contributed by atoms with Crippen LogP contribution in [0.2, 0.25) is 0 Å². The summed E-state index contributed by atoms with van der Waals surface area (Å²) in [5, 5.41) is 0. The van der Waals surface area contributed by atoms with Crippen molar-refractivity contribution in [3.8, 4) is 9.75 Å². The van der Waals surface area contributed by atoms with E-state index in [0.29, 0.717) is 35.2 Å². The average molecular weight is 469 g/mol. The number of thiophene rings is 2. The van der Waals surface area contributed by atoms with E-state index in [1.807, 2.05) is 22.7 Å². The lowest BCUT2D eigenvalue weighted by Crippen LogP contribution is -2.44. The first-order chi connectivity index (χ1) is 15.0. The molecule has 4 heteroatoms. The van der Waals surface area contributed by atoms with E-state index < -0.39 is 0 Å². The molecule has 5 rings (SSSR count). The van der Waals surface area contributed by atoms with Gasteiger partial charge in [0.05, 0.1) is 5.92 Å². The topological polar surface area (TPSA) is 34.1 Å². The molecule has 2 aromatic rings. The molecule has 0 amide bonds. The maximum atomic E-state index is 13.9. The third kappa shape index (κ3) is 2.94. The van der Waals surface area contributed by atoms with Gasteiger partial charge >= 0.3 is 0 Å². The fraction of sp³-hybridized carbons (Fsp3) is 0.643. The lowest BCUT2D eigenvalue weighted by atomic mass is 9.59. The van der Waals surface area contributed by atoms with Crippen LogP contribution in [0.15, 0.2) is 0 Å². The van der Waals surface area contributed by atoms with Crippen LogP contribution < -0.4 is 0 Å². The summed E-state index contributed by atoms with van der Waals surface area (Å²) in [6, 6.07) is 0. The van der Waals surface area contributed by atoms with Crippen molar-refractivity contribution in [3.05, 3.63) is 32.0 Å². The largest absolute Gasteiger partial charge is 0.299 e. The van der Waals surface area contributed by atoms with Gasteiger partial charge in [0.15, 0.2) is 0 Å². The second-order valence-corrected chi connectivity index (χ2v) is 13.4. The Kier molecular flexibility index (Phi) is 5.37. The standard InChI is InChI=1S/C28H36O2S2/c1-11-9-19-16(6)23-20(17(7)22(19)24(11)29)10-21(25(23)30)26-14(4)15(5)28(32-26)27-13(3)12(2)18(8)31-27/h11,16-17,19-23H,9-10H2,1-8H3. The third-order valence-corrected chi connectivity index (χ3v) is 12.7. The summed E-state index contributed by atoms with van der Waals surface area (Å²) in [4.78, 5) is 32.3. The van der Waals surface area contributed by atoms with Crippen molar-refractivity contribution in [2.45, 2.75) is 74.1 Å². The zero-order valence-electron chi connectivity index (χ0n) is 20.7. The number of rotatable bonds is 2. The van der Waals surface area contributed by atoms with E-state index >= 15 is 0 Å². The van der Waals surface area contributed by atoms with Gasteiger partial charge in [-0.1, -0.05) is 20.8 Å². The van der Waals surface area contributed by atoms with Gasteiger partial charge in [0.25, 0.3) is 0 Å². The number of fused-ring (bicyclic) bond motifs is 2. The van der Waals surface area contributed by atoms with Crippen LogP contribution in [0.3, 0.4) is 0 Å². The van der Waals surface area contributed by atoms with Crippen molar-refractivity contribution >= 4 is 34.2 Å². The molecule has 0 radical (unpaired) electrons. The van der Waals surface area contributed by atoms with E-state index in [4.69, 9.17) is 0 Å². The zero-order valence-corrected chi connectivity index (χ0v) is 22.3. The molecule has 3 aliphatic rings. The smallest absolute Gasteiger partial charge is 0.144 e. The van der Waals surface area contributed by atoms with Crippen LogP contribution in [0.1, 0.15) is 71.5 Å². The predicted octanol–water partition coefficient (Wildman–Crippen LogP) is 7.43. The van der Waals surface area contributed by atoms with Crippen LogP contribution in [-0.2, 0) is 9.59 Å². The summed E-state index contributed by atoms with van der Waals surface area (Å²) >= 11 is 3.76. The lowest BCUT2D eigenvalue weighted by molar-refractivity contribution is -0.133. The van der Waals surface area contributed by atoms with Crippen LogP contribution in [0.25, 0.3) is 9.75 Å². The highest BCUT2D eigenvalue weighted by Crippen LogP contribution is 2.60. The van der Waals surface area contributed by atoms with Crippen molar-refractivity contribution in [3.63, 3.8) is 0 Å². The Hall–Kier alpha value is -1.26. The van der Waals surface area contributed by atoms with E-state index in [1.165, 1.54) is 41.8 Å². The van der Waals surface area contributed by atoms with Crippen molar-refractivity contribution in [1.82, 2.24) is 0 Å². The monoisotopic (exact) mass is 468 g/mol. The lowest BCUT2D eigenvalue weighted by Gasteiger charge is -2.43. The van der Waals surface area contributed by atoms with Crippen molar-refractivity contribution in [2.75, 3.05) is 0 Å². The molecule has 172 valence electrons. The van der Waals surface area contributed by atoms with Crippen LogP contribution in [-0.4, -0.2) is 11.6 Å². The van der Waals surface area contributed by atoms with Gasteiger partial charge in [0.1, 0.15) is 11.6 Å². The second-order valence-electron chi connectivity index (χ2n) is 11.1. The molecule has 3 saturated carbocycles. The Bertz CT molecular complexity index is 1120. The van der Waals surface area contributed by atoms with Crippen molar-refractivity contribution < 1.29 is 9.59 Å². The highest BCUT2D eigenvalue weighted by molar-refractivity contribution is 7.22. The second kappa shape index (κ2) is 7.63. The van der Waals surface area contributed by atoms with E-state index in [-0.39, 0.29) is 23.7 Å². The minimum atomic E-state index is 0.0150. The number of Topliss-reactive ketones (excluding diaryl/α,β-unsaturated/α-hetero) is 2. The predicted molar refractivity (Wildman–Crippen MR) is 135 cm³/mol. The number of hydrogen-bond acceptors (Lipinski definition) is 4. The Morgan fingerprint density at radius 1 is 0.656 bits per heavy atom. The molecule has 0 bridgehead atoms. The van der Waals surface area contributed by atoms with Gasteiger partial charge in [-0.2, -0.15) is 0 Å². The van der Waals surface area contributed by atoms with Crippen LogP contribution in [0, 0.1) is 76.0 Å². The highest BCUT2D eigenvalue weighted by Gasteiger charge is 2.59. The molecular weight excluding hydrogens is 432 g/mol. The Morgan fingerprint density at radius 3 is 1.78 bits per heavy atom. The van der Waals surface area contributed by atoms with Crippen molar-refractivity contribution in [2.24, 2.45) is 41.4 Å². The molecule has 0 aromatic carbocycles. The summed E-state index contributed by atoms with van der Waals surface area (Å²) in [5.41, 5.74) is 5.44. The molecule has 32 heavy (non-hydrogen) atoms. The maximum Gasteiger partial charge on any atom is 0.144 e. The SMILES string of the molecule is Cc1sc(-c2sc(C3CC4C(C)C5C(=O)C(C)CC5C(C)C4C3=O)c(C)c2C)c(C)c1C. The van der Waals surface area contributed by atoms with E-state index in [0.717, 1.165) is 12.8 Å². The van der Waals surface area contributed by atoms with E-state index in [9.17, 15) is 9.59 Å². The zero-order chi connectivity index (χ0) is 23.2. The molecule has 0 aliphatic heterocycles. The molecule has 2 heterocycles. The van der Waals surface area contributed by atoms with Gasteiger partial charge in [-0.3, -0.25) is 9.59 Å². The van der Waals surface area contributed by atoms with Gasteiger partial charge in [0.2, 0.25) is 0 Å². The van der Waals surface area contributed by atoms with Gasteiger partial charge in [-0.15, -0.1) is 22.7 Å². The Labute approximate surface area is 200 Å². The van der Waals surface area contributed by atoms with Gasteiger partial charge in [-0.25, -0.2) is 0 Å². The third-order valence-electron chi connectivity index (χ3n) is 9.72. The fourth-order valence-corrected chi connectivity index (χ4v) is 10.3. The van der Waals surface area contributed by atoms with Gasteiger partial charge in [0, 0.05) is 37.3 Å². The van der Waals surface area contributed by atoms with Gasteiger partial charge < -0.3 is 0 Å². The molecule has 8 atom stereocenters. The van der Waals surface area contributed by atoms with Crippen LogP contribution in [0.5, 0.6) is 0 Å². The molecule has 0 saturated heterocycles. The highest BCUT2D eigenvalue weighted by atomic mass is 32.1. The quantitative estimate of drug-likeness (QED) is 0.459. The summed E-state index contributed by atoms with van der Waals surface area (Å²) < 4.78 is 0. The van der Waals surface area contributed by atoms with Crippen molar-refractivity contribution in [1.29, 1.82) is 0 Å². The van der Waals surface area contributed by atoms with E-state index in [1.54, 1.807) is 0 Å². The number of carbonyl (C=O) groups excluding carboxylic acids is 2. The molecule has 0 spiro atoms. The molecule has 2 nitrogen and oxygen atoms in total. The number of aryl methyl sites for hydroxylation is 1. The Balaban J connectivity index is 1.52. The maximum absolute atomic E-state index is 13.9. The summed E-state index contributed by atoms with van der Waals surface area (Å²) in [6.45, 7) is 17.7. The normalized spacial score (nSPS) is 36.6. The molecule has 8 unspecified atom stereocenters. The summed E-state index contributed by atoms with van der Waals surface area (Å²) in [5.74, 6) is 2.85. The summed E-state index contributed by atoms with van der Waals surface area (Å²) in [7, 11) is 0. The minimum absolute atomic E-state index is 0.0150. The Morgan fingerprint density at radius 2 is 1.19 bits per heavy atom. The minimum Gasteiger partial charge on any atom is -0.299 e. The van der Waals surface area contributed by atoms with E-state index in [2.05, 4.69) is 55.4 Å². The molecular formula is C28H36O2S2. The first-order valence-corrected chi connectivity index (χ1v) is 13.9. The van der Waals surface area contributed by atoms with Crippen LogP contribution in [0.4, 0.5) is 0 Å². The van der Waals surface area contributed by atoms with Gasteiger partial charge in [-0.05, 0) is 93.4 Å². The molecule has 0 N–H and O–H groups in total.